The summed E-state index contributed by atoms with van der Waals surface area (Å²) in [5.74, 6) is -9.62. The highest BCUT2D eigenvalue weighted by molar-refractivity contribution is 6.00. The molecule has 0 bridgehead atoms. The number of nitrogens with zero attached hydrogens (tertiary/aromatic N) is 7. The van der Waals surface area contributed by atoms with E-state index in [-0.39, 0.29) is 68.1 Å². The molecule has 1 rings (SSSR count). The number of likely N-dealkylation sites (N-methyl/N-ethyl adjacent to an activating group) is 7. The lowest BCUT2D eigenvalue weighted by Crippen LogP contribution is -2.64. The van der Waals surface area contributed by atoms with Gasteiger partial charge in [-0.05, 0) is 106 Å². The smallest absolute Gasteiger partial charge is 0.246 e. The number of aliphatic hydroxyl groups is 1. The fourth-order valence-electron chi connectivity index (χ4n) is 11.7. The minimum absolute atomic E-state index is 0.0285. The van der Waals surface area contributed by atoms with Crippen LogP contribution in [-0.4, -0.2) is 226 Å². The quantitative estimate of drug-likeness (QED) is 0.123. The zero-order valence-corrected chi connectivity index (χ0v) is 59.5. The average molecular weight is 1260 g/mol. The van der Waals surface area contributed by atoms with Gasteiger partial charge in [0.15, 0.2) is 0 Å². The zero-order chi connectivity index (χ0) is 69.1. The van der Waals surface area contributed by atoms with E-state index in [1.165, 1.54) is 92.6 Å². The van der Waals surface area contributed by atoms with Crippen LogP contribution in [0.3, 0.4) is 0 Å². The van der Waals surface area contributed by atoms with Crippen LogP contribution in [0.5, 0.6) is 0 Å². The van der Waals surface area contributed by atoms with Crippen molar-refractivity contribution in [1.82, 2.24) is 55.6 Å². The topological polar surface area (TPSA) is 279 Å². The summed E-state index contributed by atoms with van der Waals surface area (Å²) >= 11 is 0. The molecule has 0 saturated carbocycles. The second-order valence-corrected chi connectivity index (χ2v) is 28.3. The Morgan fingerprint density at radius 2 is 0.719 bits per heavy atom. The minimum Gasteiger partial charge on any atom is -0.390 e. The van der Waals surface area contributed by atoms with Gasteiger partial charge in [-0.1, -0.05) is 131 Å². The van der Waals surface area contributed by atoms with E-state index >= 15 is 24.0 Å². The van der Waals surface area contributed by atoms with E-state index in [1.54, 1.807) is 41.5 Å². The Kier molecular flexibility index (Phi) is 33.6. The Labute approximate surface area is 535 Å². The Morgan fingerprint density at radius 3 is 1.11 bits per heavy atom. The molecule has 0 aliphatic carbocycles. The monoisotopic (exact) mass is 1260 g/mol. The lowest BCUT2D eigenvalue weighted by molar-refractivity contribution is -0.157. The van der Waals surface area contributed by atoms with E-state index in [0.29, 0.717) is 12.8 Å². The Bertz CT molecular complexity index is 2380. The van der Waals surface area contributed by atoms with Crippen molar-refractivity contribution in [2.45, 2.75) is 262 Å². The van der Waals surface area contributed by atoms with Crippen LogP contribution in [0.15, 0.2) is 0 Å². The van der Waals surface area contributed by atoms with E-state index < -0.39 is 155 Å². The van der Waals surface area contributed by atoms with Crippen LogP contribution in [-0.2, 0) is 52.7 Å². The number of nitrogens with one attached hydrogen (secondary N) is 4. The summed E-state index contributed by atoms with van der Waals surface area (Å²) in [4.78, 5) is 172. The van der Waals surface area contributed by atoms with Gasteiger partial charge in [0, 0.05) is 49.3 Å². The number of aliphatic hydroxyl groups excluding tert-OH is 1. The summed E-state index contributed by atoms with van der Waals surface area (Å²) in [6.45, 7) is 34.1. The van der Waals surface area contributed by atoms with Crippen LogP contribution in [0.25, 0.3) is 0 Å². The first kappa shape index (κ1) is 81.1. The Hall–Kier alpha value is -5.87. The molecule has 89 heavy (non-hydrogen) atoms. The maximum Gasteiger partial charge on any atom is 0.246 e. The highest BCUT2D eigenvalue weighted by Gasteiger charge is 2.46. The third-order valence-electron chi connectivity index (χ3n) is 17.3. The highest BCUT2D eigenvalue weighted by atomic mass is 16.3. The maximum atomic E-state index is 15.3. The fourth-order valence-corrected chi connectivity index (χ4v) is 11.7. The van der Waals surface area contributed by atoms with E-state index in [4.69, 9.17) is 0 Å². The summed E-state index contributed by atoms with van der Waals surface area (Å²) in [5.41, 5.74) is 0. The van der Waals surface area contributed by atoms with Gasteiger partial charge in [0.2, 0.25) is 65.0 Å². The van der Waals surface area contributed by atoms with Crippen molar-refractivity contribution in [3.05, 3.63) is 0 Å². The highest BCUT2D eigenvalue weighted by Crippen LogP contribution is 2.27. The van der Waals surface area contributed by atoms with Gasteiger partial charge in [0.1, 0.15) is 66.5 Å². The first-order valence-corrected chi connectivity index (χ1v) is 32.8. The van der Waals surface area contributed by atoms with Crippen molar-refractivity contribution >= 4 is 65.0 Å². The van der Waals surface area contributed by atoms with Crippen molar-refractivity contribution in [2.75, 3.05) is 49.3 Å². The van der Waals surface area contributed by atoms with Gasteiger partial charge in [-0.3, -0.25) is 52.7 Å². The minimum atomic E-state index is -1.59. The molecule has 23 heteroatoms. The van der Waals surface area contributed by atoms with Gasteiger partial charge in [0.25, 0.3) is 0 Å². The molecule has 1 fully saturated rings. The van der Waals surface area contributed by atoms with Gasteiger partial charge >= 0.3 is 0 Å². The third-order valence-corrected chi connectivity index (χ3v) is 17.3. The SMILES string of the molecule is CCCC[C@@H](C)[C@@H](O)[C@H]1C(=O)N[C@@H](CC)C(=O)N(C)C(CC(C)C)C(=O)N(C)[C@@H](CC(C)C)C(=O)N[C@@H](C(C)C)C(=O)N(C)[C@@H](CC(C)C)C(=O)N[C@@H](C)C(=O)N[C@H](C)C(=O)N(C)[C@H](CC(C)C)C(=O)N(C)[C@@H](CC(C)C)C(=O)N(C)[C@@H](C(C)C)C(=O)N1C. The molecular weight excluding hydrogens is 1140 g/mol. The number of amides is 11. The van der Waals surface area contributed by atoms with E-state index in [1.807, 2.05) is 76.2 Å². The lowest BCUT2D eigenvalue weighted by atomic mass is 9.90. The van der Waals surface area contributed by atoms with E-state index in [9.17, 15) is 33.9 Å². The maximum absolute atomic E-state index is 15.3. The molecule has 1 aliphatic heterocycles. The molecule has 23 nitrogen and oxygen atoms in total. The number of carbonyl (C=O) groups is 11. The third kappa shape index (κ3) is 22.8. The normalized spacial score (nSPS) is 27.1. The van der Waals surface area contributed by atoms with E-state index in [0.717, 1.165) is 11.3 Å². The molecule has 13 atom stereocenters. The van der Waals surface area contributed by atoms with Gasteiger partial charge < -0.3 is 60.7 Å². The van der Waals surface area contributed by atoms with Crippen LogP contribution in [0, 0.1) is 47.3 Å². The number of hydrogen-bond acceptors (Lipinski definition) is 12. The predicted octanol–water partition coefficient (Wildman–Crippen LogP) is 4.91. The molecular formula is C66H121N11O12. The number of hydrogen-bond donors (Lipinski definition) is 5. The first-order valence-electron chi connectivity index (χ1n) is 32.8. The molecule has 0 radical (unpaired) electrons. The van der Waals surface area contributed by atoms with Gasteiger partial charge in [-0.15, -0.1) is 0 Å². The van der Waals surface area contributed by atoms with Crippen molar-refractivity contribution in [3.8, 4) is 0 Å². The summed E-state index contributed by atoms with van der Waals surface area (Å²) < 4.78 is 0. The standard InChI is InChI=1S/C66H121N11O12/c1-27-29-30-43(17)55(78)54-59(82)69-46(28-2)61(84)74(23)50(34-39(9)10)62(85)71(20)48(32-37(5)6)58(81)70-52(41(13)14)65(88)72(21)47(31-36(3)4)57(80)67-44(18)56(79)68-45(19)60(83)73(22)49(33-38(7)8)63(86)75(24)51(35-40(11)12)64(87)76(25)53(42(15)16)66(89)77(54)26/h36-55,78H,27-35H2,1-26H3,(H,67,80)(H,68,79)(H,69,82)(H,70,81)/t43-,44+,45-,46+,47+,48+,49-,50?,51+,52+,53+,54+,55-/m1/s1. The Balaban J connectivity index is 4.48. The summed E-state index contributed by atoms with van der Waals surface area (Å²) in [7, 11) is 10.1. The molecule has 0 aromatic carbocycles. The molecule has 5 N–H and O–H groups in total. The van der Waals surface area contributed by atoms with Crippen molar-refractivity contribution in [2.24, 2.45) is 47.3 Å². The summed E-state index contributed by atoms with van der Waals surface area (Å²) in [6, 6.07) is -13.5. The second kappa shape index (κ2) is 36.8. The van der Waals surface area contributed by atoms with Crippen molar-refractivity contribution < 1.29 is 57.8 Å². The number of rotatable bonds is 18. The predicted molar refractivity (Wildman–Crippen MR) is 347 cm³/mol. The molecule has 1 aliphatic rings. The van der Waals surface area contributed by atoms with Crippen LogP contribution < -0.4 is 21.3 Å². The zero-order valence-electron chi connectivity index (χ0n) is 59.5. The number of carbonyl (C=O) groups excluding carboxylic acids is 11. The molecule has 1 heterocycles. The van der Waals surface area contributed by atoms with Gasteiger partial charge in [-0.2, -0.15) is 0 Å². The fraction of sp³-hybridized carbons (Fsp3) is 0.833. The largest absolute Gasteiger partial charge is 0.390 e. The Morgan fingerprint density at radius 1 is 0.371 bits per heavy atom. The summed E-state index contributed by atoms with van der Waals surface area (Å²) in [5, 5.41) is 23.4. The number of unbranched alkanes of at least 4 members (excludes halogenated alkanes) is 1. The molecule has 11 amide bonds. The molecule has 0 aromatic rings. The molecule has 1 saturated heterocycles. The average Bonchev–Trinajstić information content (AvgIpc) is 1.46. The van der Waals surface area contributed by atoms with Crippen LogP contribution >= 0.6 is 0 Å². The van der Waals surface area contributed by atoms with Crippen LogP contribution in [0.4, 0.5) is 0 Å². The first-order chi connectivity index (χ1) is 41.0. The van der Waals surface area contributed by atoms with Crippen LogP contribution in [0.1, 0.15) is 189 Å². The van der Waals surface area contributed by atoms with Crippen molar-refractivity contribution in [3.63, 3.8) is 0 Å². The molecule has 0 spiro atoms. The van der Waals surface area contributed by atoms with E-state index in [2.05, 4.69) is 21.3 Å². The van der Waals surface area contributed by atoms with Gasteiger partial charge in [-0.25, -0.2) is 0 Å². The molecule has 0 aromatic heterocycles. The van der Waals surface area contributed by atoms with Crippen LogP contribution in [0.2, 0.25) is 0 Å². The molecule has 512 valence electrons. The molecule has 1 unspecified atom stereocenters. The lowest BCUT2D eigenvalue weighted by Gasteiger charge is -2.42. The van der Waals surface area contributed by atoms with Gasteiger partial charge in [0.05, 0.1) is 6.10 Å². The second-order valence-electron chi connectivity index (χ2n) is 28.3. The summed E-state index contributed by atoms with van der Waals surface area (Å²) in [6.07, 6.45) is 1.31. The van der Waals surface area contributed by atoms with Crippen molar-refractivity contribution in [1.29, 1.82) is 0 Å².